The second-order valence-corrected chi connectivity index (χ2v) is 6.79. The van der Waals surface area contributed by atoms with Crippen molar-refractivity contribution in [2.75, 3.05) is 18.0 Å². The lowest BCUT2D eigenvalue weighted by molar-refractivity contribution is -0.00524. The number of rotatable bonds is 3. The van der Waals surface area contributed by atoms with Gasteiger partial charge in [-0.05, 0) is 26.0 Å². The molecule has 2 aromatic heterocycles. The quantitative estimate of drug-likeness (QED) is 0.652. The molecule has 0 radical (unpaired) electrons. The monoisotopic (exact) mass is 372 g/mol. The first-order valence-corrected chi connectivity index (χ1v) is 8.70. The lowest BCUT2D eigenvalue weighted by Gasteiger charge is -2.37. The Bertz CT molecular complexity index is 950. The number of hydrogen-bond acceptors (Lipinski definition) is 7. The van der Waals surface area contributed by atoms with E-state index in [1.165, 1.54) is 6.33 Å². The van der Waals surface area contributed by atoms with Crippen LogP contribution >= 0.6 is 11.6 Å². The van der Waals surface area contributed by atoms with Gasteiger partial charge in [0, 0.05) is 24.8 Å². The first-order valence-electron chi connectivity index (χ1n) is 8.32. The second-order valence-electron chi connectivity index (χ2n) is 6.41. The third kappa shape index (κ3) is 2.83. The zero-order valence-electron chi connectivity index (χ0n) is 14.3. The van der Waals surface area contributed by atoms with Crippen LogP contribution in [0.4, 0.5) is 5.69 Å². The highest BCUT2D eigenvalue weighted by Crippen LogP contribution is 2.40. The van der Waals surface area contributed by atoms with Crippen LogP contribution in [0.15, 0.2) is 29.2 Å². The van der Waals surface area contributed by atoms with Crippen molar-refractivity contribution in [3.8, 4) is 11.4 Å². The summed E-state index contributed by atoms with van der Waals surface area (Å²) in [7, 11) is 0. The highest BCUT2D eigenvalue weighted by Gasteiger charge is 2.28. The van der Waals surface area contributed by atoms with E-state index in [2.05, 4.69) is 20.0 Å². The van der Waals surface area contributed by atoms with E-state index < -0.39 is 0 Å². The summed E-state index contributed by atoms with van der Waals surface area (Å²) in [5, 5.41) is 5.13. The Kier molecular flexibility index (Phi) is 4.34. The molecular formula is C18H17ClN4O3. The number of anilines is 1. The molecule has 3 aromatic rings. The molecule has 3 heterocycles. The molecule has 0 bridgehead atoms. The summed E-state index contributed by atoms with van der Waals surface area (Å²) in [5.74, 6) is 0. The van der Waals surface area contributed by atoms with E-state index in [1.807, 2.05) is 13.8 Å². The Balaban J connectivity index is 1.88. The van der Waals surface area contributed by atoms with E-state index in [9.17, 15) is 4.79 Å². The van der Waals surface area contributed by atoms with E-state index in [0.717, 1.165) is 6.29 Å². The van der Waals surface area contributed by atoms with Crippen LogP contribution in [0.2, 0.25) is 5.02 Å². The fraction of sp³-hybridized carbons (Fsp3) is 0.333. The van der Waals surface area contributed by atoms with Gasteiger partial charge in [0.2, 0.25) is 0 Å². The summed E-state index contributed by atoms with van der Waals surface area (Å²) in [6, 6.07) is 3.48. The zero-order valence-corrected chi connectivity index (χ0v) is 15.1. The van der Waals surface area contributed by atoms with Gasteiger partial charge in [-0.15, -0.1) is 0 Å². The first kappa shape index (κ1) is 16.9. The number of aromatic nitrogens is 3. The number of ether oxygens (including phenoxy) is 1. The van der Waals surface area contributed by atoms with Crippen LogP contribution in [0, 0.1) is 0 Å². The number of hydrogen-bond donors (Lipinski definition) is 0. The molecule has 1 aliphatic rings. The molecular weight excluding hydrogens is 356 g/mol. The first-order chi connectivity index (χ1) is 12.6. The number of benzene rings is 1. The van der Waals surface area contributed by atoms with Gasteiger partial charge >= 0.3 is 0 Å². The lowest BCUT2D eigenvalue weighted by Crippen LogP contribution is -2.46. The van der Waals surface area contributed by atoms with E-state index in [4.69, 9.17) is 20.9 Å². The maximum atomic E-state index is 11.8. The van der Waals surface area contributed by atoms with Crippen LogP contribution in [0.1, 0.15) is 24.2 Å². The third-order valence-electron chi connectivity index (χ3n) is 4.40. The van der Waals surface area contributed by atoms with E-state index >= 15 is 0 Å². The molecule has 26 heavy (non-hydrogen) atoms. The minimum absolute atomic E-state index is 0.0383. The number of fused-ring (bicyclic) bond motifs is 1. The van der Waals surface area contributed by atoms with Crippen LogP contribution in [-0.2, 0) is 4.74 Å². The maximum Gasteiger partial charge on any atom is 0.188 e. The average Bonchev–Trinajstić information content (AvgIpc) is 3.05. The molecule has 7 nitrogen and oxygen atoms in total. The Morgan fingerprint density at radius 3 is 2.73 bits per heavy atom. The predicted octanol–water partition coefficient (Wildman–Crippen LogP) is 3.36. The van der Waals surface area contributed by atoms with Gasteiger partial charge in [-0.2, -0.15) is 0 Å². The van der Waals surface area contributed by atoms with Crippen molar-refractivity contribution >= 4 is 34.5 Å². The van der Waals surface area contributed by atoms with Crippen molar-refractivity contribution in [3.63, 3.8) is 0 Å². The minimum atomic E-state index is 0.0383. The molecule has 4 rings (SSSR count). The Hall–Kier alpha value is -2.51. The van der Waals surface area contributed by atoms with Crippen molar-refractivity contribution in [2.24, 2.45) is 0 Å². The molecule has 0 amide bonds. The van der Waals surface area contributed by atoms with Gasteiger partial charge in [0.15, 0.2) is 11.9 Å². The second kappa shape index (κ2) is 6.66. The summed E-state index contributed by atoms with van der Waals surface area (Å²) in [5.41, 5.74) is 2.72. The highest BCUT2D eigenvalue weighted by molar-refractivity contribution is 6.38. The van der Waals surface area contributed by atoms with Crippen molar-refractivity contribution in [1.29, 1.82) is 0 Å². The van der Waals surface area contributed by atoms with Gasteiger partial charge in [0.05, 0.1) is 29.0 Å². The standard InChI is InChI=1S/C18H17ClN4O3/c1-10-6-23(7-11(2)25-10)17-12(8-24)5-13-16(14-3-4-20-9-21-14)22-26-18(13)15(17)19/h3-5,8-11H,6-7H2,1-2H3. The van der Waals surface area contributed by atoms with Crippen LogP contribution in [0.25, 0.3) is 22.4 Å². The third-order valence-corrected chi connectivity index (χ3v) is 4.75. The molecule has 2 atom stereocenters. The number of morpholine rings is 1. The van der Waals surface area contributed by atoms with Gasteiger partial charge in [0.25, 0.3) is 0 Å². The molecule has 0 saturated carbocycles. The highest BCUT2D eigenvalue weighted by atomic mass is 35.5. The molecule has 1 aromatic carbocycles. The van der Waals surface area contributed by atoms with Gasteiger partial charge in [-0.3, -0.25) is 4.79 Å². The van der Waals surface area contributed by atoms with Crippen molar-refractivity contribution in [3.05, 3.63) is 35.2 Å². The molecule has 8 heteroatoms. The SMILES string of the molecule is CC1CN(c2c(C=O)cc3c(-c4ccncn4)noc3c2Cl)CC(C)O1. The molecule has 1 saturated heterocycles. The molecule has 0 spiro atoms. The summed E-state index contributed by atoms with van der Waals surface area (Å²) in [4.78, 5) is 22.0. The van der Waals surface area contributed by atoms with Crippen LogP contribution in [-0.4, -0.2) is 46.7 Å². The Labute approximate surface area is 154 Å². The van der Waals surface area contributed by atoms with E-state index in [0.29, 0.717) is 51.7 Å². The lowest BCUT2D eigenvalue weighted by atomic mass is 10.1. The molecule has 134 valence electrons. The van der Waals surface area contributed by atoms with Crippen molar-refractivity contribution in [1.82, 2.24) is 15.1 Å². The molecule has 0 aliphatic carbocycles. The fourth-order valence-electron chi connectivity index (χ4n) is 3.43. The Morgan fingerprint density at radius 2 is 2.08 bits per heavy atom. The van der Waals surface area contributed by atoms with Crippen LogP contribution in [0.5, 0.6) is 0 Å². The Morgan fingerprint density at radius 1 is 1.31 bits per heavy atom. The number of halogens is 1. The minimum Gasteiger partial charge on any atom is -0.372 e. The van der Waals surface area contributed by atoms with Gasteiger partial charge < -0.3 is 14.2 Å². The summed E-state index contributed by atoms with van der Waals surface area (Å²) in [6.07, 6.45) is 3.94. The number of carbonyl (C=O) groups is 1. The summed E-state index contributed by atoms with van der Waals surface area (Å²) < 4.78 is 11.3. The summed E-state index contributed by atoms with van der Waals surface area (Å²) in [6.45, 7) is 5.28. The smallest absolute Gasteiger partial charge is 0.188 e. The molecule has 1 fully saturated rings. The number of aldehydes is 1. The van der Waals surface area contributed by atoms with Crippen molar-refractivity contribution < 1.29 is 14.1 Å². The normalized spacial score (nSPS) is 20.5. The fourth-order valence-corrected chi connectivity index (χ4v) is 3.80. The van der Waals surface area contributed by atoms with Crippen molar-refractivity contribution in [2.45, 2.75) is 26.1 Å². The van der Waals surface area contributed by atoms with E-state index in [1.54, 1.807) is 18.3 Å². The van der Waals surface area contributed by atoms with Gasteiger partial charge in [0.1, 0.15) is 17.0 Å². The molecule has 1 aliphatic heterocycles. The van der Waals surface area contributed by atoms with E-state index in [-0.39, 0.29) is 12.2 Å². The van der Waals surface area contributed by atoms with Gasteiger partial charge in [-0.25, -0.2) is 9.97 Å². The maximum absolute atomic E-state index is 11.8. The van der Waals surface area contributed by atoms with Crippen LogP contribution in [0.3, 0.4) is 0 Å². The predicted molar refractivity (Wildman–Crippen MR) is 97.7 cm³/mol. The zero-order chi connectivity index (χ0) is 18.3. The number of nitrogens with zero attached hydrogens (tertiary/aromatic N) is 4. The van der Waals surface area contributed by atoms with Gasteiger partial charge in [-0.1, -0.05) is 16.8 Å². The molecule has 0 N–H and O–H groups in total. The molecule has 2 unspecified atom stereocenters. The average molecular weight is 373 g/mol. The van der Waals surface area contributed by atoms with Crippen LogP contribution < -0.4 is 4.90 Å². The summed E-state index contributed by atoms with van der Waals surface area (Å²) >= 11 is 6.65. The topological polar surface area (TPSA) is 81.4 Å². The largest absolute Gasteiger partial charge is 0.372 e. The number of carbonyl (C=O) groups excluding carboxylic acids is 1.